The molecule has 1 heterocycles. The van der Waals surface area contributed by atoms with Gasteiger partial charge in [0.25, 0.3) is 0 Å². The van der Waals surface area contributed by atoms with Gasteiger partial charge < -0.3 is 9.84 Å². The van der Waals surface area contributed by atoms with Crippen LogP contribution >= 0.6 is 0 Å². The van der Waals surface area contributed by atoms with E-state index in [1.54, 1.807) is 13.0 Å². The summed E-state index contributed by atoms with van der Waals surface area (Å²) < 4.78 is 5.41. The lowest BCUT2D eigenvalue weighted by atomic mass is 10.2. The third-order valence-electron chi connectivity index (χ3n) is 2.61. The number of nitro benzene ring substituents is 1. The molecule has 0 aliphatic carbocycles. The minimum Gasteiger partial charge on any atom is -0.478 e. The maximum atomic E-state index is 11.1. The second-order valence-electron chi connectivity index (χ2n) is 3.96. The molecule has 102 valence electrons. The molecule has 0 radical (unpaired) electrons. The summed E-state index contributed by atoms with van der Waals surface area (Å²) in [6.45, 7) is 1.64. The predicted molar refractivity (Wildman–Crippen MR) is 69.1 cm³/mol. The highest BCUT2D eigenvalue weighted by atomic mass is 16.6. The minimum atomic E-state index is -1.20. The molecule has 0 atom stereocenters. The molecule has 0 fully saturated rings. The lowest BCUT2D eigenvalue weighted by molar-refractivity contribution is -0.385. The number of pyridine rings is 1. The zero-order valence-electron chi connectivity index (χ0n) is 10.4. The number of para-hydroxylation sites is 1. The van der Waals surface area contributed by atoms with Crippen molar-refractivity contribution in [2.75, 3.05) is 0 Å². The molecule has 1 N–H and O–H groups in total. The molecule has 0 amide bonds. The number of aromatic nitrogens is 1. The topological polar surface area (TPSA) is 103 Å². The van der Waals surface area contributed by atoms with Crippen molar-refractivity contribution in [3.05, 3.63) is 57.9 Å². The molecule has 2 rings (SSSR count). The molecular weight excluding hydrogens is 264 g/mol. The van der Waals surface area contributed by atoms with Crippen LogP contribution in [0.4, 0.5) is 5.69 Å². The molecule has 0 aliphatic heterocycles. The number of aromatic carboxylic acids is 1. The van der Waals surface area contributed by atoms with E-state index in [1.807, 2.05) is 0 Å². The van der Waals surface area contributed by atoms with Gasteiger partial charge in [0.05, 0.1) is 11.1 Å². The van der Waals surface area contributed by atoms with Crippen LogP contribution in [0, 0.1) is 17.0 Å². The van der Waals surface area contributed by atoms with Crippen molar-refractivity contribution in [2.24, 2.45) is 0 Å². The van der Waals surface area contributed by atoms with Crippen LogP contribution in [0.15, 0.2) is 36.7 Å². The van der Waals surface area contributed by atoms with Gasteiger partial charge in [0.1, 0.15) is 5.56 Å². The molecule has 1 aromatic carbocycles. The van der Waals surface area contributed by atoms with E-state index in [4.69, 9.17) is 9.84 Å². The van der Waals surface area contributed by atoms with E-state index in [-0.39, 0.29) is 22.7 Å². The Morgan fingerprint density at radius 2 is 2.15 bits per heavy atom. The van der Waals surface area contributed by atoms with E-state index in [9.17, 15) is 14.9 Å². The molecule has 7 nitrogen and oxygen atoms in total. The van der Waals surface area contributed by atoms with E-state index in [1.165, 1.54) is 30.6 Å². The maximum Gasteiger partial charge on any atom is 0.339 e. The molecule has 1 aromatic heterocycles. The predicted octanol–water partition coefficient (Wildman–Crippen LogP) is 2.79. The monoisotopic (exact) mass is 274 g/mol. The first-order chi connectivity index (χ1) is 9.50. The Hall–Kier alpha value is -2.96. The zero-order valence-corrected chi connectivity index (χ0v) is 10.4. The Kier molecular flexibility index (Phi) is 3.60. The second-order valence-corrected chi connectivity index (χ2v) is 3.96. The number of ether oxygens (including phenoxy) is 1. The summed E-state index contributed by atoms with van der Waals surface area (Å²) in [7, 11) is 0. The molecule has 0 saturated carbocycles. The number of carbonyl (C=O) groups is 1. The number of hydrogen-bond donors (Lipinski definition) is 1. The average molecular weight is 274 g/mol. The van der Waals surface area contributed by atoms with E-state index in [0.29, 0.717) is 5.56 Å². The Balaban J connectivity index is 2.51. The highest BCUT2D eigenvalue weighted by Crippen LogP contribution is 2.35. The summed E-state index contributed by atoms with van der Waals surface area (Å²) in [5.41, 5.74) is 0.183. The van der Waals surface area contributed by atoms with Crippen LogP contribution in [0.3, 0.4) is 0 Å². The average Bonchev–Trinajstić information content (AvgIpc) is 2.41. The zero-order chi connectivity index (χ0) is 14.7. The Labute approximate surface area is 113 Å². The summed E-state index contributed by atoms with van der Waals surface area (Å²) in [5, 5.41) is 20.0. The van der Waals surface area contributed by atoms with Crippen LogP contribution in [-0.2, 0) is 0 Å². The van der Waals surface area contributed by atoms with E-state index in [2.05, 4.69) is 4.98 Å². The fourth-order valence-electron chi connectivity index (χ4n) is 1.66. The number of nitrogens with zero attached hydrogens (tertiary/aromatic N) is 2. The normalized spacial score (nSPS) is 10.1. The number of hydrogen-bond acceptors (Lipinski definition) is 5. The number of aryl methyl sites for hydroxylation is 1. The van der Waals surface area contributed by atoms with E-state index >= 15 is 0 Å². The van der Waals surface area contributed by atoms with Gasteiger partial charge in [0.2, 0.25) is 5.75 Å². The molecule has 0 saturated heterocycles. The second kappa shape index (κ2) is 5.35. The third kappa shape index (κ3) is 2.56. The highest BCUT2D eigenvalue weighted by Gasteiger charge is 2.20. The van der Waals surface area contributed by atoms with Gasteiger partial charge in [0, 0.05) is 12.3 Å². The largest absolute Gasteiger partial charge is 0.478 e. The number of carboxylic acid groups (broad SMARTS) is 1. The maximum absolute atomic E-state index is 11.1. The van der Waals surface area contributed by atoms with Gasteiger partial charge in [-0.2, -0.15) is 0 Å². The number of rotatable bonds is 4. The third-order valence-corrected chi connectivity index (χ3v) is 2.61. The van der Waals surface area contributed by atoms with Crippen molar-refractivity contribution >= 4 is 11.7 Å². The van der Waals surface area contributed by atoms with Crippen LogP contribution in [0.1, 0.15) is 15.9 Å². The Morgan fingerprint density at radius 1 is 1.40 bits per heavy atom. The van der Waals surface area contributed by atoms with Gasteiger partial charge in [-0.05, 0) is 18.6 Å². The first-order valence-electron chi connectivity index (χ1n) is 5.60. The van der Waals surface area contributed by atoms with Gasteiger partial charge in [-0.1, -0.05) is 12.1 Å². The molecule has 0 bridgehead atoms. The summed E-state index contributed by atoms with van der Waals surface area (Å²) in [6.07, 6.45) is 2.52. The molecule has 20 heavy (non-hydrogen) atoms. The van der Waals surface area contributed by atoms with Gasteiger partial charge in [-0.15, -0.1) is 0 Å². The van der Waals surface area contributed by atoms with Crippen LogP contribution in [0.25, 0.3) is 0 Å². The van der Waals surface area contributed by atoms with E-state index in [0.717, 1.165) is 0 Å². The van der Waals surface area contributed by atoms with Crippen LogP contribution in [0.5, 0.6) is 11.5 Å². The smallest absolute Gasteiger partial charge is 0.339 e. The van der Waals surface area contributed by atoms with Crippen molar-refractivity contribution in [2.45, 2.75) is 6.92 Å². The molecular formula is C13H10N2O5. The van der Waals surface area contributed by atoms with Crippen LogP contribution < -0.4 is 4.74 Å². The summed E-state index contributed by atoms with van der Waals surface area (Å²) in [5.74, 6) is -1.23. The number of benzene rings is 1. The SMILES string of the molecule is Cc1cccc([N+](=O)[O-])c1Oc1cnccc1C(=O)O. The fraction of sp³-hybridized carbons (Fsp3) is 0.0769. The van der Waals surface area contributed by atoms with Crippen molar-refractivity contribution in [3.8, 4) is 11.5 Å². The van der Waals surface area contributed by atoms with Crippen LogP contribution in [0.2, 0.25) is 0 Å². The van der Waals surface area contributed by atoms with Crippen molar-refractivity contribution in [1.82, 2.24) is 4.98 Å². The van der Waals surface area contributed by atoms with Crippen molar-refractivity contribution in [1.29, 1.82) is 0 Å². The van der Waals surface area contributed by atoms with Gasteiger partial charge >= 0.3 is 11.7 Å². The molecule has 0 spiro atoms. The van der Waals surface area contributed by atoms with Gasteiger partial charge in [-0.3, -0.25) is 15.1 Å². The highest BCUT2D eigenvalue weighted by molar-refractivity contribution is 5.90. The fourth-order valence-corrected chi connectivity index (χ4v) is 1.66. The lowest BCUT2D eigenvalue weighted by Crippen LogP contribution is -2.02. The van der Waals surface area contributed by atoms with Crippen molar-refractivity contribution in [3.63, 3.8) is 0 Å². The van der Waals surface area contributed by atoms with Gasteiger partial charge in [0.15, 0.2) is 5.75 Å². The van der Waals surface area contributed by atoms with Crippen LogP contribution in [-0.4, -0.2) is 21.0 Å². The number of carboxylic acids is 1. The number of nitro groups is 1. The summed E-state index contributed by atoms with van der Waals surface area (Å²) in [4.78, 5) is 25.2. The quantitative estimate of drug-likeness (QED) is 0.679. The molecule has 0 unspecified atom stereocenters. The minimum absolute atomic E-state index is 0.00741. The molecule has 2 aromatic rings. The van der Waals surface area contributed by atoms with Crippen molar-refractivity contribution < 1.29 is 19.6 Å². The Bertz CT molecular complexity index is 684. The molecule has 0 aliphatic rings. The summed E-state index contributed by atoms with van der Waals surface area (Å²) >= 11 is 0. The standard InChI is InChI=1S/C13H10N2O5/c1-8-3-2-4-10(15(18)19)12(8)20-11-7-14-6-5-9(11)13(16)17/h2-7H,1H3,(H,16,17). The molecule has 7 heteroatoms. The summed E-state index contributed by atoms with van der Waals surface area (Å²) in [6, 6.07) is 5.72. The van der Waals surface area contributed by atoms with E-state index < -0.39 is 10.9 Å². The first-order valence-corrected chi connectivity index (χ1v) is 5.60. The van der Waals surface area contributed by atoms with Gasteiger partial charge in [-0.25, -0.2) is 4.79 Å². The first kappa shape index (κ1) is 13.5. The Morgan fingerprint density at radius 3 is 2.80 bits per heavy atom. The lowest BCUT2D eigenvalue weighted by Gasteiger charge is -2.10.